The molecule has 0 aromatic carbocycles. The van der Waals surface area contributed by atoms with E-state index in [0.717, 1.165) is 11.3 Å². The van der Waals surface area contributed by atoms with Crippen molar-refractivity contribution in [1.29, 1.82) is 0 Å². The van der Waals surface area contributed by atoms with Gasteiger partial charge in [-0.15, -0.1) is 11.3 Å². The zero-order valence-corrected chi connectivity index (χ0v) is 11.3. The summed E-state index contributed by atoms with van der Waals surface area (Å²) in [5.41, 5.74) is 0. The summed E-state index contributed by atoms with van der Waals surface area (Å²) in [6.07, 6.45) is 0.731. The van der Waals surface area contributed by atoms with E-state index in [0.29, 0.717) is 4.21 Å². The van der Waals surface area contributed by atoms with Gasteiger partial charge in [0, 0.05) is 18.5 Å². The van der Waals surface area contributed by atoms with Crippen molar-refractivity contribution in [3.05, 3.63) is 17.0 Å². The molecule has 1 aromatic heterocycles. The molecule has 0 aliphatic rings. The first-order chi connectivity index (χ1) is 7.49. The smallest absolute Gasteiger partial charge is 0.250 e. The molecule has 0 saturated heterocycles. The van der Waals surface area contributed by atoms with Gasteiger partial charge in [-0.1, -0.05) is 6.92 Å². The van der Waals surface area contributed by atoms with Crippen LogP contribution in [0.5, 0.6) is 0 Å². The minimum Gasteiger partial charge on any atom is -0.380 e. The number of sulfonamides is 1. The summed E-state index contributed by atoms with van der Waals surface area (Å²) < 4.78 is 31.5. The van der Waals surface area contributed by atoms with E-state index in [1.54, 1.807) is 13.2 Å². The number of hydrogen-bond donors (Lipinski definition) is 1. The second kappa shape index (κ2) is 5.77. The Morgan fingerprint density at radius 3 is 2.69 bits per heavy atom. The minimum absolute atomic E-state index is 0.125. The number of hydrogen-bond acceptors (Lipinski definition) is 4. The molecule has 4 nitrogen and oxygen atoms in total. The molecule has 0 bridgehead atoms. The molecule has 1 N–H and O–H groups in total. The van der Waals surface area contributed by atoms with Crippen LogP contribution in [-0.4, -0.2) is 28.2 Å². The highest BCUT2D eigenvalue weighted by Gasteiger charge is 2.17. The van der Waals surface area contributed by atoms with E-state index in [4.69, 9.17) is 4.74 Å². The molecular formula is C10H17NO3S2. The maximum Gasteiger partial charge on any atom is 0.250 e. The van der Waals surface area contributed by atoms with Crippen LogP contribution in [0.25, 0.3) is 0 Å². The normalized spacial score (nSPS) is 13.9. The van der Waals surface area contributed by atoms with Gasteiger partial charge in [0.25, 0.3) is 0 Å². The Hall–Kier alpha value is -0.430. The molecule has 1 unspecified atom stereocenters. The molecule has 0 saturated carbocycles. The van der Waals surface area contributed by atoms with E-state index in [9.17, 15) is 8.42 Å². The Morgan fingerprint density at radius 2 is 2.19 bits per heavy atom. The van der Waals surface area contributed by atoms with Gasteiger partial charge in [-0.2, -0.15) is 0 Å². The lowest BCUT2D eigenvalue weighted by Gasteiger charge is -2.10. The third kappa shape index (κ3) is 3.55. The monoisotopic (exact) mass is 263 g/mol. The summed E-state index contributed by atoms with van der Waals surface area (Å²) in [6, 6.07) is 3.49. The molecule has 92 valence electrons. The summed E-state index contributed by atoms with van der Waals surface area (Å²) in [5.74, 6) is 0. The topological polar surface area (TPSA) is 55.4 Å². The third-order valence-corrected chi connectivity index (χ3v) is 5.36. The van der Waals surface area contributed by atoms with Crippen LogP contribution in [0, 0.1) is 0 Å². The minimum atomic E-state index is -3.37. The van der Waals surface area contributed by atoms with E-state index in [1.807, 2.05) is 19.9 Å². The lowest BCUT2D eigenvalue weighted by atomic mass is 10.4. The Bertz CT molecular complexity index is 425. The molecule has 6 heteroatoms. The third-order valence-electron chi connectivity index (χ3n) is 2.21. The van der Waals surface area contributed by atoms with Gasteiger partial charge < -0.3 is 4.74 Å². The van der Waals surface area contributed by atoms with Gasteiger partial charge in [-0.3, -0.25) is 0 Å². The van der Waals surface area contributed by atoms with E-state index in [-0.39, 0.29) is 12.6 Å². The zero-order valence-electron chi connectivity index (χ0n) is 9.69. The average Bonchev–Trinajstić information content (AvgIpc) is 2.75. The van der Waals surface area contributed by atoms with E-state index in [2.05, 4.69) is 4.72 Å². The second-order valence-corrected chi connectivity index (χ2v) is 6.63. The van der Waals surface area contributed by atoms with Crippen LogP contribution in [0.15, 0.2) is 16.3 Å². The Kier molecular flexibility index (Phi) is 4.91. The molecule has 1 rings (SSSR count). The van der Waals surface area contributed by atoms with Gasteiger partial charge in [0.2, 0.25) is 10.0 Å². The fourth-order valence-corrected chi connectivity index (χ4v) is 3.53. The Morgan fingerprint density at radius 1 is 1.50 bits per heavy atom. The van der Waals surface area contributed by atoms with Crippen LogP contribution in [0.3, 0.4) is 0 Å². The first kappa shape index (κ1) is 13.6. The van der Waals surface area contributed by atoms with Crippen molar-refractivity contribution < 1.29 is 13.2 Å². The van der Waals surface area contributed by atoms with Crippen LogP contribution in [0.1, 0.15) is 18.7 Å². The maximum atomic E-state index is 11.8. The summed E-state index contributed by atoms with van der Waals surface area (Å²) in [5, 5.41) is 0. The lowest BCUT2D eigenvalue weighted by Crippen LogP contribution is -2.31. The summed E-state index contributed by atoms with van der Waals surface area (Å²) in [7, 11) is -1.81. The average molecular weight is 263 g/mol. The largest absolute Gasteiger partial charge is 0.380 e. The van der Waals surface area contributed by atoms with Crippen LogP contribution < -0.4 is 4.72 Å². The van der Waals surface area contributed by atoms with Crippen molar-refractivity contribution in [3.63, 3.8) is 0 Å². The molecule has 0 aliphatic carbocycles. The van der Waals surface area contributed by atoms with Crippen LogP contribution in [-0.2, 0) is 21.2 Å². The molecule has 0 spiro atoms. The standard InChI is InChI=1S/C10H17NO3S2/c1-4-9-5-6-10(15-9)16(12,13)11-7-8(2)14-3/h5-6,8,11H,4,7H2,1-3H3. The Labute approximate surface area is 101 Å². The van der Waals surface area contributed by atoms with E-state index >= 15 is 0 Å². The van der Waals surface area contributed by atoms with Crippen LogP contribution >= 0.6 is 11.3 Å². The molecule has 16 heavy (non-hydrogen) atoms. The van der Waals surface area contributed by atoms with Crippen LogP contribution in [0.2, 0.25) is 0 Å². The molecule has 0 aliphatic heterocycles. The summed E-state index contributed by atoms with van der Waals surface area (Å²) in [6.45, 7) is 4.11. The molecule has 0 fully saturated rings. The highest BCUT2D eigenvalue weighted by atomic mass is 32.2. The number of aryl methyl sites for hydroxylation is 1. The highest BCUT2D eigenvalue weighted by Crippen LogP contribution is 2.21. The number of ether oxygens (including phenoxy) is 1. The number of nitrogens with one attached hydrogen (secondary N) is 1. The number of rotatable bonds is 6. The number of thiophene rings is 1. The Balaban J connectivity index is 2.70. The van der Waals surface area contributed by atoms with Crippen molar-refractivity contribution in [2.75, 3.05) is 13.7 Å². The van der Waals surface area contributed by atoms with Crippen molar-refractivity contribution in [2.24, 2.45) is 0 Å². The van der Waals surface area contributed by atoms with Gasteiger partial charge in [0.15, 0.2) is 0 Å². The quantitative estimate of drug-likeness (QED) is 0.848. The van der Waals surface area contributed by atoms with Gasteiger partial charge in [-0.05, 0) is 25.5 Å². The second-order valence-electron chi connectivity index (χ2n) is 3.47. The van der Waals surface area contributed by atoms with E-state index in [1.165, 1.54) is 11.3 Å². The summed E-state index contributed by atoms with van der Waals surface area (Å²) in [4.78, 5) is 1.07. The fourth-order valence-electron chi connectivity index (χ4n) is 1.07. The van der Waals surface area contributed by atoms with Gasteiger partial charge in [0.05, 0.1) is 6.10 Å². The number of methoxy groups -OCH3 is 1. The lowest BCUT2D eigenvalue weighted by molar-refractivity contribution is 0.122. The molecule has 1 aromatic rings. The predicted octanol–water partition coefficient (Wildman–Crippen LogP) is 1.62. The SMILES string of the molecule is CCc1ccc(S(=O)(=O)NCC(C)OC)s1. The van der Waals surface area contributed by atoms with Gasteiger partial charge in [0.1, 0.15) is 4.21 Å². The predicted molar refractivity (Wildman–Crippen MR) is 65.4 cm³/mol. The van der Waals surface area contributed by atoms with Gasteiger partial charge in [-0.25, -0.2) is 13.1 Å². The molecule has 0 amide bonds. The van der Waals surface area contributed by atoms with Gasteiger partial charge >= 0.3 is 0 Å². The van der Waals surface area contributed by atoms with E-state index < -0.39 is 10.0 Å². The van der Waals surface area contributed by atoms with Crippen molar-refractivity contribution >= 4 is 21.4 Å². The van der Waals surface area contributed by atoms with Crippen LogP contribution in [0.4, 0.5) is 0 Å². The first-order valence-electron chi connectivity index (χ1n) is 5.10. The molecular weight excluding hydrogens is 246 g/mol. The van der Waals surface area contributed by atoms with Crippen molar-refractivity contribution in [1.82, 2.24) is 4.72 Å². The molecule has 1 atom stereocenters. The first-order valence-corrected chi connectivity index (χ1v) is 7.40. The molecule has 0 radical (unpaired) electrons. The highest BCUT2D eigenvalue weighted by molar-refractivity contribution is 7.91. The summed E-state index contributed by atoms with van der Waals surface area (Å²) >= 11 is 1.31. The fraction of sp³-hybridized carbons (Fsp3) is 0.600. The molecule has 1 heterocycles. The van der Waals surface area contributed by atoms with Crippen molar-refractivity contribution in [2.45, 2.75) is 30.6 Å². The van der Waals surface area contributed by atoms with Crippen molar-refractivity contribution in [3.8, 4) is 0 Å². The zero-order chi connectivity index (χ0) is 12.2. The maximum absolute atomic E-state index is 11.8.